The molecule has 0 saturated heterocycles. The van der Waals surface area contributed by atoms with Crippen molar-refractivity contribution >= 4 is 11.2 Å². The summed E-state index contributed by atoms with van der Waals surface area (Å²) in [5.41, 5.74) is 5.90. The van der Waals surface area contributed by atoms with Gasteiger partial charge in [-0.15, -0.1) is 5.10 Å². The molecule has 0 saturated carbocycles. The van der Waals surface area contributed by atoms with Crippen molar-refractivity contribution < 1.29 is 4.39 Å². The lowest BCUT2D eigenvalue weighted by molar-refractivity contribution is 0.241. The molecule has 0 aromatic carbocycles. The molecule has 6 rings (SSSR count). The minimum Gasteiger partial charge on any atom is -0.362 e. The van der Waals surface area contributed by atoms with Gasteiger partial charge in [0, 0.05) is 51.4 Å². The molecule has 0 bridgehead atoms. The predicted molar refractivity (Wildman–Crippen MR) is 117 cm³/mol. The Bertz CT molecular complexity index is 1410. The van der Waals surface area contributed by atoms with Gasteiger partial charge in [0.05, 0.1) is 41.6 Å². The van der Waals surface area contributed by atoms with Crippen LogP contribution in [0.25, 0.3) is 5.52 Å². The highest BCUT2D eigenvalue weighted by Gasteiger charge is 2.32. The van der Waals surface area contributed by atoms with Crippen LogP contribution in [0.1, 0.15) is 41.3 Å². The molecule has 4 aromatic heterocycles. The standard InChI is InChI=1S/C22H23FN10/c1-14-9-31(20-4-3-16(7-24)33-22(20)18(23)8-25-33)13-21-17-12-30(6-5-19(17)27-32(14)21)11-15-10-29(2)28-26-15/h3-4,8,10,14H,5-6,9,11-13H2,1-2H3/t14-/m1/s1. The van der Waals surface area contributed by atoms with Crippen LogP contribution in [0.15, 0.2) is 24.5 Å². The van der Waals surface area contributed by atoms with Crippen LogP contribution in [0.5, 0.6) is 0 Å². The molecule has 2 aliphatic heterocycles. The van der Waals surface area contributed by atoms with E-state index in [4.69, 9.17) is 5.10 Å². The van der Waals surface area contributed by atoms with Gasteiger partial charge in [0.2, 0.25) is 0 Å². The van der Waals surface area contributed by atoms with E-state index >= 15 is 0 Å². The third-order valence-corrected chi connectivity index (χ3v) is 6.58. The molecule has 0 radical (unpaired) electrons. The summed E-state index contributed by atoms with van der Waals surface area (Å²) >= 11 is 0. The zero-order valence-electron chi connectivity index (χ0n) is 18.5. The first kappa shape index (κ1) is 19.9. The fourth-order valence-corrected chi connectivity index (χ4v) is 5.08. The van der Waals surface area contributed by atoms with E-state index in [2.05, 4.69) is 42.9 Å². The third-order valence-electron chi connectivity index (χ3n) is 6.58. The average Bonchev–Trinajstić information content (AvgIpc) is 3.51. The van der Waals surface area contributed by atoms with E-state index in [1.165, 1.54) is 16.3 Å². The molecule has 0 spiro atoms. The summed E-state index contributed by atoms with van der Waals surface area (Å²) in [4.78, 5) is 4.54. The molecule has 0 amide bonds. The first-order valence-corrected chi connectivity index (χ1v) is 11.0. The zero-order valence-corrected chi connectivity index (χ0v) is 18.5. The fourth-order valence-electron chi connectivity index (χ4n) is 5.08. The summed E-state index contributed by atoms with van der Waals surface area (Å²) in [5.74, 6) is -0.425. The largest absolute Gasteiger partial charge is 0.362 e. The van der Waals surface area contributed by atoms with E-state index in [-0.39, 0.29) is 6.04 Å². The van der Waals surface area contributed by atoms with Crippen molar-refractivity contribution in [2.24, 2.45) is 7.05 Å². The maximum Gasteiger partial charge on any atom is 0.171 e. The van der Waals surface area contributed by atoms with Crippen molar-refractivity contribution in [3.63, 3.8) is 0 Å². The number of aromatic nitrogens is 7. The van der Waals surface area contributed by atoms with Crippen LogP contribution in [0.2, 0.25) is 0 Å². The van der Waals surface area contributed by atoms with Crippen molar-refractivity contribution in [3.05, 3.63) is 58.7 Å². The second kappa shape index (κ2) is 7.38. The van der Waals surface area contributed by atoms with E-state index < -0.39 is 5.82 Å². The molecule has 1 atom stereocenters. The SMILES string of the molecule is C[C@@H]1CN(c2ccc(C#N)n3ncc(F)c23)Cc2c3c(nn21)CCN(Cc1cn(C)nn1)C3. The Kier molecular flexibility index (Phi) is 4.45. The second-order valence-electron chi connectivity index (χ2n) is 8.86. The van der Waals surface area contributed by atoms with Crippen molar-refractivity contribution in [3.8, 4) is 6.07 Å². The summed E-state index contributed by atoms with van der Waals surface area (Å²) in [5, 5.41) is 26.7. The van der Waals surface area contributed by atoms with E-state index in [0.29, 0.717) is 24.3 Å². The van der Waals surface area contributed by atoms with Crippen LogP contribution in [0, 0.1) is 17.1 Å². The lowest BCUT2D eigenvalue weighted by atomic mass is 10.0. The highest BCUT2D eigenvalue weighted by Crippen LogP contribution is 2.34. The number of aryl methyl sites for hydroxylation is 1. The van der Waals surface area contributed by atoms with Crippen LogP contribution in [-0.4, -0.2) is 52.4 Å². The summed E-state index contributed by atoms with van der Waals surface area (Å²) in [6.45, 7) is 5.93. The maximum atomic E-state index is 14.7. The van der Waals surface area contributed by atoms with Crippen molar-refractivity contribution in [1.29, 1.82) is 5.26 Å². The van der Waals surface area contributed by atoms with Crippen LogP contribution in [0.3, 0.4) is 0 Å². The van der Waals surface area contributed by atoms with Gasteiger partial charge >= 0.3 is 0 Å². The van der Waals surface area contributed by atoms with E-state index in [9.17, 15) is 9.65 Å². The van der Waals surface area contributed by atoms with Crippen LogP contribution < -0.4 is 4.90 Å². The molecule has 2 aliphatic rings. The van der Waals surface area contributed by atoms with Crippen molar-refractivity contribution in [1.82, 2.24) is 39.3 Å². The van der Waals surface area contributed by atoms with E-state index in [1.54, 1.807) is 10.7 Å². The number of hydrogen-bond acceptors (Lipinski definition) is 7. The Hall–Kier alpha value is -3.78. The monoisotopic (exact) mass is 446 g/mol. The molecular weight excluding hydrogens is 423 g/mol. The first-order chi connectivity index (χ1) is 16.0. The second-order valence-corrected chi connectivity index (χ2v) is 8.86. The Morgan fingerprint density at radius 1 is 1.27 bits per heavy atom. The molecule has 33 heavy (non-hydrogen) atoms. The van der Waals surface area contributed by atoms with Gasteiger partial charge in [0.25, 0.3) is 0 Å². The number of anilines is 1. The number of rotatable bonds is 3. The molecule has 6 heterocycles. The Labute approximate surface area is 189 Å². The minimum atomic E-state index is -0.425. The van der Waals surface area contributed by atoms with Gasteiger partial charge in [-0.1, -0.05) is 5.21 Å². The van der Waals surface area contributed by atoms with E-state index in [0.717, 1.165) is 48.8 Å². The fraction of sp³-hybridized carbons (Fsp3) is 0.409. The zero-order chi connectivity index (χ0) is 22.7. The molecular formula is C22H23FN10. The lowest BCUT2D eigenvalue weighted by Gasteiger charge is -2.35. The minimum absolute atomic E-state index is 0.134. The lowest BCUT2D eigenvalue weighted by Crippen LogP contribution is -2.37. The van der Waals surface area contributed by atoms with Crippen molar-refractivity contribution in [2.75, 3.05) is 18.0 Å². The summed E-state index contributed by atoms with van der Waals surface area (Å²) in [6.07, 6.45) is 4.01. The van der Waals surface area contributed by atoms with Gasteiger partial charge in [-0.05, 0) is 19.1 Å². The average molecular weight is 446 g/mol. The quantitative estimate of drug-likeness (QED) is 0.474. The van der Waals surface area contributed by atoms with Gasteiger partial charge in [0.1, 0.15) is 17.3 Å². The Morgan fingerprint density at radius 3 is 2.94 bits per heavy atom. The van der Waals surface area contributed by atoms with Crippen LogP contribution in [0.4, 0.5) is 10.1 Å². The molecule has 0 N–H and O–H groups in total. The maximum absolute atomic E-state index is 14.7. The van der Waals surface area contributed by atoms with Gasteiger partial charge in [-0.3, -0.25) is 14.3 Å². The summed E-state index contributed by atoms with van der Waals surface area (Å²) < 4.78 is 19.9. The number of nitriles is 1. The molecule has 0 aliphatic carbocycles. The highest BCUT2D eigenvalue weighted by atomic mass is 19.1. The Morgan fingerprint density at radius 2 is 2.15 bits per heavy atom. The predicted octanol–water partition coefficient (Wildman–Crippen LogP) is 1.81. The number of pyridine rings is 1. The number of fused-ring (bicyclic) bond motifs is 4. The number of halogens is 1. The van der Waals surface area contributed by atoms with Crippen molar-refractivity contribution in [2.45, 2.75) is 39.0 Å². The molecule has 11 heteroatoms. The first-order valence-electron chi connectivity index (χ1n) is 11.0. The number of nitrogens with zero attached hydrogens (tertiary/aromatic N) is 10. The van der Waals surface area contributed by atoms with Crippen LogP contribution in [-0.2, 0) is 33.1 Å². The third kappa shape index (κ3) is 3.17. The van der Waals surface area contributed by atoms with E-state index in [1.807, 2.05) is 19.3 Å². The summed E-state index contributed by atoms with van der Waals surface area (Å²) in [7, 11) is 1.87. The molecule has 4 aromatic rings. The van der Waals surface area contributed by atoms with Gasteiger partial charge in [-0.2, -0.15) is 15.5 Å². The topological polar surface area (TPSA) is 96.1 Å². The summed E-state index contributed by atoms with van der Waals surface area (Å²) in [6, 6.07) is 5.74. The smallest absolute Gasteiger partial charge is 0.171 e. The highest BCUT2D eigenvalue weighted by molar-refractivity contribution is 5.75. The molecule has 10 nitrogen and oxygen atoms in total. The number of hydrogen-bond donors (Lipinski definition) is 0. The Balaban J connectivity index is 1.34. The molecule has 168 valence electrons. The molecule has 0 fully saturated rings. The van der Waals surface area contributed by atoms with Gasteiger partial charge in [-0.25, -0.2) is 8.91 Å². The van der Waals surface area contributed by atoms with Gasteiger partial charge < -0.3 is 4.90 Å². The normalized spacial score (nSPS) is 18.4. The van der Waals surface area contributed by atoms with Crippen LogP contribution >= 0.6 is 0 Å². The van der Waals surface area contributed by atoms with Gasteiger partial charge in [0.15, 0.2) is 5.82 Å². The molecule has 0 unspecified atom stereocenters.